The highest BCUT2D eigenvalue weighted by molar-refractivity contribution is 5.50. The standard InChI is InChI=1S/C15H13F4NO/c1-8(14-10(17)4-3-5-13(14)21-2)20-15-11(18)6-9(16)7-12(15)19/h3-8,20H,1-2H3. The van der Waals surface area contributed by atoms with Crippen molar-refractivity contribution in [3.8, 4) is 5.75 Å². The third-order valence-corrected chi connectivity index (χ3v) is 3.03. The smallest absolute Gasteiger partial charge is 0.152 e. The molecule has 112 valence electrons. The third kappa shape index (κ3) is 3.09. The monoisotopic (exact) mass is 299 g/mol. The molecule has 1 atom stereocenters. The average Bonchev–Trinajstić information content (AvgIpc) is 2.42. The summed E-state index contributed by atoms with van der Waals surface area (Å²) >= 11 is 0. The van der Waals surface area contributed by atoms with E-state index in [1.165, 1.54) is 32.2 Å². The van der Waals surface area contributed by atoms with E-state index in [0.717, 1.165) is 0 Å². The van der Waals surface area contributed by atoms with E-state index < -0.39 is 35.0 Å². The van der Waals surface area contributed by atoms with Crippen LogP contribution in [0.1, 0.15) is 18.5 Å². The minimum atomic E-state index is -1.09. The SMILES string of the molecule is COc1cccc(F)c1C(C)Nc1c(F)cc(F)cc1F. The van der Waals surface area contributed by atoms with Crippen LogP contribution in [0.3, 0.4) is 0 Å². The third-order valence-electron chi connectivity index (χ3n) is 3.03. The Morgan fingerprint density at radius 2 is 1.62 bits per heavy atom. The summed E-state index contributed by atoms with van der Waals surface area (Å²) in [5.41, 5.74) is -0.391. The molecule has 2 nitrogen and oxygen atoms in total. The number of anilines is 1. The van der Waals surface area contributed by atoms with E-state index in [4.69, 9.17) is 4.74 Å². The van der Waals surface area contributed by atoms with Gasteiger partial charge in [0.05, 0.1) is 18.7 Å². The maximum absolute atomic E-state index is 13.9. The zero-order chi connectivity index (χ0) is 15.6. The van der Waals surface area contributed by atoms with Crippen molar-refractivity contribution in [2.24, 2.45) is 0 Å². The highest BCUT2D eigenvalue weighted by Crippen LogP contribution is 2.31. The van der Waals surface area contributed by atoms with Crippen molar-refractivity contribution in [1.29, 1.82) is 0 Å². The van der Waals surface area contributed by atoms with Crippen molar-refractivity contribution in [1.82, 2.24) is 0 Å². The first-order chi connectivity index (χ1) is 9.93. The topological polar surface area (TPSA) is 21.3 Å². The van der Waals surface area contributed by atoms with Crippen molar-refractivity contribution in [2.45, 2.75) is 13.0 Å². The van der Waals surface area contributed by atoms with Crippen molar-refractivity contribution in [3.63, 3.8) is 0 Å². The van der Waals surface area contributed by atoms with Crippen molar-refractivity contribution in [3.05, 3.63) is 59.2 Å². The van der Waals surface area contributed by atoms with Crippen LogP contribution in [0.15, 0.2) is 30.3 Å². The molecule has 0 saturated heterocycles. The lowest BCUT2D eigenvalue weighted by molar-refractivity contribution is 0.402. The summed E-state index contributed by atoms with van der Waals surface area (Å²) in [6.07, 6.45) is 0. The van der Waals surface area contributed by atoms with Gasteiger partial charge in [0.2, 0.25) is 0 Å². The molecule has 1 N–H and O–H groups in total. The minimum Gasteiger partial charge on any atom is -0.496 e. The van der Waals surface area contributed by atoms with Gasteiger partial charge < -0.3 is 10.1 Å². The highest BCUT2D eigenvalue weighted by Gasteiger charge is 2.20. The lowest BCUT2D eigenvalue weighted by Crippen LogP contribution is -2.12. The van der Waals surface area contributed by atoms with Gasteiger partial charge in [-0.3, -0.25) is 0 Å². The number of hydrogen-bond donors (Lipinski definition) is 1. The predicted molar refractivity (Wildman–Crippen MR) is 71.3 cm³/mol. The van der Waals surface area contributed by atoms with E-state index >= 15 is 0 Å². The summed E-state index contributed by atoms with van der Waals surface area (Å²) in [6, 6.07) is 4.54. The van der Waals surface area contributed by atoms with Gasteiger partial charge in [0.25, 0.3) is 0 Å². The van der Waals surface area contributed by atoms with Gasteiger partial charge in [0.1, 0.15) is 23.1 Å². The quantitative estimate of drug-likeness (QED) is 0.844. The fourth-order valence-electron chi connectivity index (χ4n) is 2.08. The van der Waals surface area contributed by atoms with Crippen LogP contribution >= 0.6 is 0 Å². The molecule has 0 heterocycles. The van der Waals surface area contributed by atoms with Crippen molar-refractivity contribution < 1.29 is 22.3 Å². The predicted octanol–water partition coefficient (Wildman–Crippen LogP) is 4.42. The Bertz CT molecular complexity index is 637. The molecule has 0 saturated carbocycles. The second kappa shape index (κ2) is 6.03. The van der Waals surface area contributed by atoms with Gasteiger partial charge in [-0.1, -0.05) is 6.07 Å². The largest absolute Gasteiger partial charge is 0.496 e. The van der Waals surface area contributed by atoms with Crippen LogP contribution < -0.4 is 10.1 Å². The van der Waals surface area contributed by atoms with Crippen LogP contribution in [0.5, 0.6) is 5.75 Å². The summed E-state index contributed by atoms with van der Waals surface area (Å²) < 4.78 is 59.0. The zero-order valence-electron chi connectivity index (χ0n) is 11.4. The summed E-state index contributed by atoms with van der Waals surface area (Å²) in [6.45, 7) is 1.52. The Kier molecular flexibility index (Phi) is 4.35. The van der Waals surface area contributed by atoms with Gasteiger partial charge in [-0.2, -0.15) is 0 Å². The first kappa shape index (κ1) is 15.2. The number of benzene rings is 2. The molecule has 0 aromatic heterocycles. The second-order valence-corrected chi connectivity index (χ2v) is 4.47. The highest BCUT2D eigenvalue weighted by atomic mass is 19.1. The number of methoxy groups -OCH3 is 1. The Balaban J connectivity index is 2.37. The van der Waals surface area contributed by atoms with Gasteiger partial charge in [0, 0.05) is 12.1 Å². The molecule has 21 heavy (non-hydrogen) atoms. The molecule has 6 heteroatoms. The van der Waals surface area contributed by atoms with Crippen molar-refractivity contribution in [2.75, 3.05) is 12.4 Å². The van der Waals surface area contributed by atoms with E-state index in [0.29, 0.717) is 12.1 Å². The van der Waals surface area contributed by atoms with Crippen LogP contribution in [0, 0.1) is 23.3 Å². The van der Waals surface area contributed by atoms with Gasteiger partial charge in [-0.05, 0) is 19.1 Å². The Morgan fingerprint density at radius 1 is 1.00 bits per heavy atom. The summed E-state index contributed by atoms with van der Waals surface area (Å²) in [7, 11) is 1.37. The molecule has 0 aliphatic rings. The number of ether oxygens (including phenoxy) is 1. The average molecular weight is 299 g/mol. The van der Waals surface area contributed by atoms with Crippen LogP contribution in [-0.4, -0.2) is 7.11 Å². The van der Waals surface area contributed by atoms with Gasteiger partial charge in [-0.25, -0.2) is 17.6 Å². The fourth-order valence-corrected chi connectivity index (χ4v) is 2.08. The molecule has 1 unspecified atom stereocenters. The molecule has 2 aromatic carbocycles. The number of hydrogen-bond acceptors (Lipinski definition) is 2. The lowest BCUT2D eigenvalue weighted by Gasteiger charge is -2.19. The Morgan fingerprint density at radius 3 is 2.19 bits per heavy atom. The maximum Gasteiger partial charge on any atom is 0.152 e. The van der Waals surface area contributed by atoms with Crippen molar-refractivity contribution >= 4 is 5.69 Å². The molecule has 0 spiro atoms. The summed E-state index contributed by atoms with van der Waals surface area (Å²) in [4.78, 5) is 0. The molecular formula is C15H13F4NO. The molecule has 0 bridgehead atoms. The molecule has 0 fully saturated rings. The molecule has 0 radical (unpaired) electrons. The Labute approximate surface area is 119 Å². The minimum absolute atomic E-state index is 0.128. The first-order valence-electron chi connectivity index (χ1n) is 6.17. The lowest BCUT2D eigenvalue weighted by atomic mass is 10.1. The summed E-state index contributed by atoms with van der Waals surface area (Å²) in [5.74, 6) is -3.52. The summed E-state index contributed by atoms with van der Waals surface area (Å²) in [5, 5.41) is 2.50. The molecule has 0 aliphatic carbocycles. The molecular weight excluding hydrogens is 286 g/mol. The van der Waals surface area contributed by atoms with Crippen LogP contribution in [0.25, 0.3) is 0 Å². The van der Waals surface area contributed by atoms with Crippen LogP contribution in [-0.2, 0) is 0 Å². The molecule has 2 aromatic rings. The van der Waals surface area contributed by atoms with E-state index in [1.807, 2.05) is 0 Å². The van der Waals surface area contributed by atoms with Gasteiger partial charge in [0.15, 0.2) is 11.6 Å². The van der Waals surface area contributed by atoms with Gasteiger partial charge >= 0.3 is 0 Å². The second-order valence-electron chi connectivity index (χ2n) is 4.47. The van der Waals surface area contributed by atoms with E-state index in [-0.39, 0.29) is 11.3 Å². The van der Waals surface area contributed by atoms with Crippen LogP contribution in [0.4, 0.5) is 23.2 Å². The van der Waals surface area contributed by atoms with E-state index in [1.54, 1.807) is 0 Å². The van der Waals surface area contributed by atoms with E-state index in [9.17, 15) is 17.6 Å². The molecule has 0 amide bonds. The fraction of sp³-hybridized carbons (Fsp3) is 0.200. The zero-order valence-corrected chi connectivity index (χ0v) is 11.4. The number of rotatable bonds is 4. The Hall–Kier alpha value is -2.24. The normalized spacial score (nSPS) is 12.1. The van der Waals surface area contributed by atoms with Gasteiger partial charge in [-0.15, -0.1) is 0 Å². The maximum atomic E-state index is 13.9. The number of nitrogens with one attached hydrogen (secondary N) is 1. The van der Waals surface area contributed by atoms with E-state index in [2.05, 4.69) is 5.32 Å². The van der Waals surface area contributed by atoms with Crippen LogP contribution in [0.2, 0.25) is 0 Å². The number of halogens is 4. The molecule has 0 aliphatic heterocycles. The molecule has 2 rings (SSSR count). The first-order valence-corrected chi connectivity index (χ1v) is 6.17.